The van der Waals surface area contributed by atoms with E-state index < -0.39 is 0 Å². The van der Waals surface area contributed by atoms with E-state index in [0.717, 1.165) is 33.1 Å². The number of nitrogens with zero attached hydrogens (tertiary/aromatic N) is 4. The third-order valence-corrected chi connectivity index (χ3v) is 4.21. The van der Waals surface area contributed by atoms with Gasteiger partial charge in [0.25, 0.3) is 0 Å². The fraction of sp³-hybridized carbons (Fsp3) is 0.167. The first kappa shape index (κ1) is 14.4. The SMILES string of the molecule is Cc1cc(C)c2[nH]c(O)c(N=Nc3nc4ccccc4n3C)c2c1. The highest BCUT2D eigenvalue weighted by Crippen LogP contribution is 2.38. The lowest BCUT2D eigenvalue weighted by Gasteiger charge is -1.99. The molecule has 0 saturated carbocycles. The molecule has 0 saturated heterocycles. The molecular weight excluding hydrogens is 302 g/mol. The first-order chi connectivity index (χ1) is 11.5. The first-order valence-electron chi connectivity index (χ1n) is 7.69. The number of aryl methyl sites for hydroxylation is 3. The van der Waals surface area contributed by atoms with Gasteiger partial charge >= 0.3 is 0 Å². The Morgan fingerprint density at radius 3 is 2.71 bits per heavy atom. The second kappa shape index (κ2) is 5.19. The molecule has 4 aromatic rings. The number of fused-ring (bicyclic) bond motifs is 2. The molecule has 24 heavy (non-hydrogen) atoms. The van der Waals surface area contributed by atoms with E-state index in [-0.39, 0.29) is 5.88 Å². The highest BCUT2D eigenvalue weighted by molar-refractivity contribution is 5.96. The van der Waals surface area contributed by atoms with Gasteiger partial charge in [-0.2, -0.15) is 0 Å². The molecule has 0 fully saturated rings. The zero-order valence-corrected chi connectivity index (χ0v) is 13.7. The van der Waals surface area contributed by atoms with Crippen LogP contribution in [-0.4, -0.2) is 19.6 Å². The van der Waals surface area contributed by atoms with Crippen molar-refractivity contribution >= 4 is 33.6 Å². The van der Waals surface area contributed by atoms with Gasteiger partial charge in [0.1, 0.15) is 0 Å². The number of rotatable bonds is 2. The molecule has 6 heteroatoms. The monoisotopic (exact) mass is 319 g/mol. The van der Waals surface area contributed by atoms with Gasteiger partial charge < -0.3 is 14.7 Å². The number of aromatic amines is 1. The molecule has 0 spiro atoms. The molecule has 0 aliphatic rings. The maximum Gasteiger partial charge on any atom is 0.250 e. The van der Waals surface area contributed by atoms with E-state index in [0.29, 0.717) is 11.6 Å². The second-order valence-electron chi connectivity index (χ2n) is 5.99. The number of benzene rings is 2. The maximum absolute atomic E-state index is 10.2. The standard InChI is InChI=1S/C18H17N5O/c1-10-8-11(2)15-12(9-10)16(17(24)20-15)21-22-18-19-13-6-4-5-7-14(13)23(18)3/h4-9,20,24H,1-3H3. The van der Waals surface area contributed by atoms with Crippen LogP contribution in [0.25, 0.3) is 21.9 Å². The van der Waals surface area contributed by atoms with Crippen LogP contribution in [0.1, 0.15) is 11.1 Å². The molecule has 0 amide bonds. The molecule has 2 heterocycles. The Morgan fingerprint density at radius 2 is 1.92 bits per heavy atom. The molecule has 0 aliphatic carbocycles. The maximum atomic E-state index is 10.2. The average molecular weight is 319 g/mol. The molecule has 2 aromatic carbocycles. The van der Waals surface area contributed by atoms with Crippen molar-refractivity contribution in [1.29, 1.82) is 0 Å². The molecule has 0 atom stereocenters. The van der Waals surface area contributed by atoms with E-state index >= 15 is 0 Å². The fourth-order valence-electron chi connectivity index (χ4n) is 3.04. The zero-order valence-electron chi connectivity index (χ0n) is 13.7. The summed E-state index contributed by atoms with van der Waals surface area (Å²) in [5, 5.41) is 19.6. The third-order valence-electron chi connectivity index (χ3n) is 4.21. The van der Waals surface area contributed by atoms with Gasteiger partial charge in [-0.25, -0.2) is 4.98 Å². The number of aromatic nitrogens is 3. The van der Waals surface area contributed by atoms with Gasteiger partial charge in [0.05, 0.1) is 16.6 Å². The van der Waals surface area contributed by atoms with Gasteiger partial charge in [-0.15, -0.1) is 10.2 Å². The summed E-state index contributed by atoms with van der Waals surface area (Å²) in [5.41, 5.74) is 5.33. The van der Waals surface area contributed by atoms with Crippen LogP contribution < -0.4 is 0 Å². The number of aromatic hydroxyl groups is 1. The van der Waals surface area contributed by atoms with Crippen molar-refractivity contribution in [3.8, 4) is 5.88 Å². The second-order valence-corrected chi connectivity index (χ2v) is 5.99. The molecule has 120 valence electrons. The summed E-state index contributed by atoms with van der Waals surface area (Å²) in [5.74, 6) is 0.510. The lowest BCUT2D eigenvalue weighted by molar-refractivity contribution is 0.459. The Bertz CT molecular complexity index is 1100. The van der Waals surface area contributed by atoms with Crippen molar-refractivity contribution in [3.63, 3.8) is 0 Å². The predicted octanol–water partition coefficient (Wildman–Crippen LogP) is 4.79. The van der Waals surface area contributed by atoms with Gasteiger partial charge in [0, 0.05) is 12.4 Å². The van der Waals surface area contributed by atoms with Crippen LogP contribution in [0, 0.1) is 13.8 Å². The van der Waals surface area contributed by atoms with Crippen molar-refractivity contribution in [2.75, 3.05) is 0 Å². The number of H-pyrrole nitrogens is 1. The van der Waals surface area contributed by atoms with E-state index in [2.05, 4.69) is 26.3 Å². The summed E-state index contributed by atoms with van der Waals surface area (Å²) >= 11 is 0. The minimum atomic E-state index is 0.0150. The van der Waals surface area contributed by atoms with E-state index in [1.807, 2.05) is 55.8 Å². The third kappa shape index (κ3) is 2.15. The minimum Gasteiger partial charge on any atom is -0.493 e. The van der Waals surface area contributed by atoms with Gasteiger partial charge in [0.2, 0.25) is 11.8 Å². The van der Waals surface area contributed by atoms with Gasteiger partial charge in [0.15, 0.2) is 5.69 Å². The molecule has 0 radical (unpaired) electrons. The predicted molar refractivity (Wildman–Crippen MR) is 94.3 cm³/mol. The molecular formula is C18H17N5O. The Labute approximate surface area is 138 Å². The minimum absolute atomic E-state index is 0.0150. The van der Waals surface area contributed by atoms with Crippen LogP contribution in [0.4, 0.5) is 11.6 Å². The number of azo groups is 1. The van der Waals surface area contributed by atoms with Crippen LogP contribution in [0.2, 0.25) is 0 Å². The molecule has 2 aromatic heterocycles. The molecule has 6 nitrogen and oxygen atoms in total. The number of hydrogen-bond acceptors (Lipinski definition) is 4. The van der Waals surface area contributed by atoms with E-state index in [1.54, 1.807) is 0 Å². The van der Waals surface area contributed by atoms with Crippen molar-refractivity contribution in [2.45, 2.75) is 13.8 Å². The highest BCUT2D eigenvalue weighted by Gasteiger charge is 2.13. The summed E-state index contributed by atoms with van der Waals surface area (Å²) in [4.78, 5) is 7.44. The molecule has 4 rings (SSSR count). The normalized spacial score (nSPS) is 12.0. The van der Waals surface area contributed by atoms with Crippen LogP contribution in [0.15, 0.2) is 46.6 Å². The zero-order chi connectivity index (χ0) is 16.8. The van der Waals surface area contributed by atoms with Crippen molar-refractivity contribution < 1.29 is 5.11 Å². The van der Waals surface area contributed by atoms with E-state index in [9.17, 15) is 5.11 Å². The van der Waals surface area contributed by atoms with Gasteiger partial charge in [-0.3, -0.25) is 0 Å². The number of nitrogens with one attached hydrogen (secondary N) is 1. The highest BCUT2D eigenvalue weighted by atomic mass is 16.3. The summed E-state index contributed by atoms with van der Waals surface area (Å²) in [7, 11) is 1.90. The topological polar surface area (TPSA) is 78.6 Å². The Balaban J connectivity index is 1.85. The number of imidazole rings is 1. The molecule has 0 bridgehead atoms. The lowest BCUT2D eigenvalue weighted by Crippen LogP contribution is -1.85. The summed E-state index contributed by atoms with van der Waals surface area (Å²) in [6.45, 7) is 4.01. The quantitative estimate of drug-likeness (QED) is 0.521. The fourth-order valence-corrected chi connectivity index (χ4v) is 3.04. The molecule has 0 unspecified atom stereocenters. The van der Waals surface area contributed by atoms with Gasteiger partial charge in [-0.1, -0.05) is 23.8 Å². The Hall–Kier alpha value is -3.15. The Kier molecular flexibility index (Phi) is 3.13. The lowest BCUT2D eigenvalue weighted by atomic mass is 10.1. The van der Waals surface area contributed by atoms with Crippen LogP contribution >= 0.6 is 0 Å². The van der Waals surface area contributed by atoms with Crippen LogP contribution in [-0.2, 0) is 7.05 Å². The van der Waals surface area contributed by atoms with Gasteiger partial charge in [-0.05, 0) is 37.6 Å². The van der Waals surface area contributed by atoms with Crippen molar-refractivity contribution in [1.82, 2.24) is 14.5 Å². The van der Waals surface area contributed by atoms with Crippen LogP contribution in [0.5, 0.6) is 5.88 Å². The summed E-state index contributed by atoms with van der Waals surface area (Å²) in [6, 6.07) is 11.9. The summed E-state index contributed by atoms with van der Waals surface area (Å²) in [6.07, 6.45) is 0. The smallest absolute Gasteiger partial charge is 0.250 e. The van der Waals surface area contributed by atoms with Crippen molar-refractivity contribution in [3.05, 3.63) is 47.5 Å². The number of hydrogen-bond donors (Lipinski definition) is 2. The van der Waals surface area contributed by atoms with E-state index in [4.69, 9.17) is 0 Å². The average Bonchev–Trinajstić information content (AvgIpc) is 3.04. The van der Waals surface area contributed by atoms with Crippen molar-refractivity contribution in [2.24, 2.45) is 17.3 Å². The Morgan fingerprint density at radius 1 is 1.12 bits per heavy atom. The molecule has 0 aliphatic heterocycles. The number of para-hydroxylation sites is 2. The first-order valence-corrected chi connectivity index (χ1v) is 7.69. The van der Waals surface area contributed by atoms with E-state index in [1.165, 1.54) is 0 Å². The molecule has 2 N–H and O–H groups in total. The van der Waals surface area contributed by atoms with Crippen LogP contribution in [0.3, 0.4) is 0 Å². The largest absolute Gasteiger partial charge is 0.493 e. The summed E-state index contributed by atoms with van der Waals surface area (Å²) < 4.78 is 1.88.